The molecule has 10 nitrogen and oxygen atoms in total. The molecule has 4 atom stereocenters. The van der Waals surface area contributed by atoms with Crippen molar-refractivity contribution in [3.8, 4) is 11.3 Å². The van der Waals surface area contributed by atoms with Gasteiger partial charge in [-0.15, -0.1) is 11.3 Å². The maximum Gasteiger partial charge on any atom is 0.356 e. The lowest BCUT2D eigenvalue weighted by atomic mass is 9.79. The number of hydrogen-bond acceptors (Lipinski definition) is 10. The van der Waals surface area contributed by atoms with Gasteiger partial charge in [0.1, 0.15) is 12.3 Å². The second-order valence-electron chi connectivity index (χ2n) is 11.6. The Hall–Kier alpha value is -3.36. The largest absolute Gasteiger partial charge is 0.456 e. The lowest BCUT2D eigenvalue weighted by Gasteiger charge is -2.48. The highest BCUT2D eigenvalue weighted by atomic mass is 32.2. The first-order valence-electron chi connectivity index (χ1n) is 13.9. The summed E-state index contributed by atoms with van der Waals surface area (Å²) >= 11 is 2.82. The quantitative estimate of drug-likeness (QED) is 0.0885. The summed E-state index contributed by atoms with van der Waals surface area (Å²) in [6.07, 6.45) is -0.294. The first kappa shape index (κ1) is 31.1. The van der Waals surface area contributed by atoms with Gasteiger partial charge < -0.3 is 19.2 Å². The minimum Gasteiger partial charge on any atom is -0.456 e. The van der Waals surface area contributed by atoms with E-state index in [0.717, 1.165) is 21.2 Å². The molecular weight excluding hydrogens is 607 g/mol. The molecule has 5 rings (SSSR count). The number of nitro groups is 1. The number of aromatic nitrogens is 1. The molecule has 0 saturated carbocycles. The van der Waals surface area contributed by atoms with Crippen LogP contribution in [0.1, 0.15) is 25.0 Å². The predicted molar refractivity (Wildman–Crippen MR) is 166 cm³/mol. The number of esters is 1. The number of hydrogen-bond donors (Lipinski definition) is 1. The molecule has 2 aromatic carbocycles. The zero-order chi connectivity index (χ0) is 31.1. The summed E-state index contributed by atoms with van der Waals surface area (Å²) in [6.45, 7) is 10.1. The van der Waals surface area contributed by atoms with Crippen LogP contribution in [0, 0.1) is 22.0 Å². The summed E-state index contributed by atoms with van der Waals surface area (Å²) in [7, 11) is -1.92. The number of carbonyl (C=O) groups is 2. The Kier molecular flexibility index (Phi) is 8.91. The maximum atomic E-state index is 13.6. The average molecular weight is 640 g/mol. The predicted octanol–water partition coefficient (Wildman–Crippen LogP) is 5.97. The van der Waals surface area contributed by atoms with Crippen molar-refractivity contribution in [1.29, 1.82) is 0 Å². The van der Waals surface area contributed by atoms with E-state index in [4.69, 9.17) is 14.1 Å². The van der Waals surface area contributed by atoms with Crippen LogP contribution in [-0.4, -0.2) is 52.3 Å². The van der Waals surface area contributed by atoms with Crippen molar-refractivity contribution in [1.82, 2.24) is 9.88 Å². The SMILES string of the molecule is CC(O[Si](C)(C)C)[C@H]1C(=O)N2C(C(=O)OCc3ccc([N+](=O)[O-])cc3)=C(Sc3nc(-c4ccc(CO)cc4)cs3)[C@H](C)[C@H]12. The molecule has 0 spiro atoms. The average Bonchev–Trinajstić information content (AvgIpc) is 3.52. The molecular formula is C30H33N3O7S2Si. The topological polar surface area (TPSA) is 132 Å². The second-order valence-corrected chi connectivity index (χ2v) is 18.2. The zero-order valence-corrected chi connectivity index (χ0v) is 27.1. The van der Waals surface area contributed by atoms with Crippen molar-refractivity contribution in [3.05, 3.63) is 85.8 Å². The molecule has 3 heterocycles. The van der Waals surface area contributed by atoms with Crippen LogP contribution >= 0.6 is 23.1 Å². The highest BCUT2D eigenvalue weighted by Crippen LogP contribution is 2.53. The van der Waals surface area contributed by atoms with Gasteiger partial charge in [-0.3, -0.25) is 14.9 Å². The number of thioether (sulfide) groups is 1. The Morgan fingerprint density at radius 2 is 1.81 bits per heavy atom. The summed E-state index contributed by atoms with van der Waals surface area (Å²) in [5.74, 6) is -1.32. The molecule has 0 radical (unpaired) electrons. The number of non-ortho nitro benzene ring substituents is 1. The smallest absolute Gasteiger partial charge is 0.356 e. The zero-order valence-electron chi connectivity index (χ0n) is 24.5. The van der Waals surface area contributed by atoms with Crippen LogP contribution in [0.5, 0.6) is 0 Å². The van der Waals surface area contributed by atoms with E-state index in [1.807, 2.05) is 43.5 Å². The minimum absolute atomic E-state index is 0.0352. The van der Waals surface area contributed by atoms with E-state index in [-0.39, 0.29) is 54.5 Å². The first-order valence-corrected chi connectivity index (χ1v) is 19.0. The van der Waals surface area contributed by atoms with E-state index in [1.165, 1.54) is 35.2 Å². The Labute approximate surface area is 259 Å². The molecule has 13 heteroatoms. The van der Waals surface area contributed by atoms with Gasteiger partial charge in [0.25, 0.3) is 5.69 Å². The van der Waals surface area contributed by atoms with Crippen molar-refractivity contribution in [2.45, 2.75) is 63.2 Å². The Morgan fingerprint density at radius 3 is 2.42 bits per heavy atom. The Bertz CT molecular complexity index is 1570. The molecule has 1 unspecified atom stereocenters. The van der Waals surface area contributed by atoms with Crippen LogP contribution in [-0.2, 0) is 32.0 Å². The van der Waals surface area contributed by atoms with Gasteiger partial charge in [0.15, 0.2) is 12.7 Å². The summed E-state index contributed by atoms with van der Waals surface area (Å²) in [6, 6.07) is 13.1. The van der Waals surface area contributed by atoms with Crippen molar-refractivity contribution in [2.24, 2.45) is 11.8 Å². The molecule has 2 aliphatic heterocycles. The molecule has 0 bridgehead atoms. The molecule has 3 aromatic rings. The first-order chi connectivity index (χ1) is 20.4. The lowest BCUT2D eigenvalue weighted by molar-refractivity contribution is -0.384. The number of nitro benzene ring substituents is 1. The van der Waals surface area contributed by atoms with Crippen molar-refractivity contribution in [3.63, 3.8) is 0 Å². The second kappa shape index (κ2) is 12.3. The Balaban J connectivity index is 1.41. The van der Waals surface area contributed by atoms with E-state index in [1.54, 1.807) is 17.0 Å². The standard InChI is InChI=1S/C30H33N3O7S2Si/c1-17-25-24(18(2)40-43(3,4)5)28(35)32(25)26(29(36)39-15-20-8-12-22(13-9-20)33(37)38)27(17)42-30-31-23(16-41-30)21-10-6-19(14-34)7-11-21/h6-13,16-18,24-25,34H,14-15H2,1-5H3/t17-,18?,24-,25-/m1/s1. The van der Waals surface area contributed by atoms with Crippen molar-refractivity contribution in [2.75, 3.05) is 0 Å². The van der Waals surface area contributed by atoms with E-state index < -0.39 is 19.2 Å². The number of nitrogens with zero attached hydrogens (tertiary/aromatic N) is 3. The number of β-lactam (4-membered cyclic amide) rings is 1. The summed E-state index contributed by atoms with van der Waals surface area (Å²) in [4.78, 5) is 44.7. The van der Waals surface area contributed by atoms with Crippen LogP contribution in [0.25, 0.3) is 11.3 Å². The van der Waals surface area contributed by atoms with Gasteiger partial charge in [-0.2, -0.15) is 0 Å². The fourth-order valence-corrected chi connectivity index (χ4v) is 8.86. The fourth-order valence-electron chi connectivity index (χ4n) is 5.51. The molecule has 1 amide bonds. The van der Waals surface area contributed by atoms with Crippen LogP contribution in [0.4, 0.5) is 5.69 Å². The van der Waals surface area contributed by atoms with Crippen molar-refractivity contribution >= 4 is 49.0 Å². The number of aliphatic hydroxyl groups is 1. The number of amides is 1. The fraction of sp³-hybridized carbons (Fsp3) is 0.367. The lowest BCUT2D eigenvalue weighted by Crippen LogP contribution is -2.64. The van der Waals surface area contributed by atoms with E-state index >= 15 is 0 Å². The highest BCUT2D eigenvalue weighted by Gasteiger charge is 2.61. The maximum absolute atomic E-state index is 13.6. The molecule has 1 aromatic heterocycles. The van der Waals surface area contributed by atoms with Crippen LogP contribution < -0.4 is 0 Å². The third-order valence-electron chi connectivity index (χ3n) is 7.46. The third kappa shape index (κ3) is 6.45. The van der Waals surface area contributed by atoms with E-state index in [0.29, 0.717) is 10.5 Å². The van der Waals surface area contributed by atoms with Crippen LogP contribution in [0.2, 0.25) is 19.6 Å². The van der Waals surface area contributed by atoms with Crippen LogP contribution in [0.3, 0.4) is 0 Å². The van der Waals surface area contributed by atoms with E-state index in [2.05, 4.69) is 19.6 Å². The molecule has 1 saturated heterocycles. The number of rotatable bonds is 11. The molecule has 2 aliphatic rings. The third-order valence-corrected chi connectivity index (χ3v) is 10.8. The number of thiazole rings is 1. The summed E-state index contributed by atoms with van der Waals surface area (Å²) < 4.78 is 12.7. The number of aliphatic hydroxyl groups excluding tert-OH is 1. The number of ether oxygens (including phenoxy) is 1. The minimum atomic E-state index is -1.92. The molecule has 226 valence electrons. The summed E-state index contributed by atoms with van der Waals surface area (Å²) in [5.41, 5.74) is 3.26. The molecule has 1 N–H and O–H groups in total. The van der Waals surface area contributed by atoms with Crippen LogP contribution in [0.15, 0.2) is 68.9 Å². The molecule has 43 heavy (non-hydrogen) atoms. The Morgan fingerprint density at radius 1 is 1.16 bits per heavy atom. The number of fused-ring (bicyclic) bond motifs is 1. The van der Waals surface area contributed by atoms with Crippen molar-refractivity contribution < 1.29 is 28.8 Å². The van der Waals surface area contributed by atoms with Gasteiger partial charge in [-0.1, -0.05) is 43.0 Å². The van der Waals surface area contributed by atoms with Gasteiger partial charge in [0, 0.05) is 33.9 Å². The van der Waals surface area contributed by atoms with Gasteiger partial charge in [0.05, 0.1) is 35.3 Å². The van der Waals surface area contributed by atoms with Gasteiger partial charge in [0.2, 0.25) is 5.91 Å². The normalized spacial score (nSPS) is 20.6. The highest BCUT2D eigenvalue weighted by molar-refractivity contribution is 8.04. The van der Waals surface area contributed by atoms with Gasteiger partial charge in [-0.05, 0) is 49.8 Å². The summed E-state index contributed by atoms with van der Waals surface area (Å²) in [5, 5.41) is 22.3. The number of carbonyl (C=O) groups excluding carboxylic acids is 2. The number of benzene rings is 2. The molecule has 1 fully saturated rings. The van der Waals surface area contributed by atoms with E-state index in [9.17, 15) is 24.8 Å². The van der Waals surface area contributed by atoms with Gasteiger partial charge >= 0.3 is 5.97 Å². The monoisotopic (exact) mass is 639 g/mol. The molecule has 0 aliphatic carbocycles. The van der Waals surface area contributed by atoms with Gasteiger partial charge in [-0.25, -0.2) is 9.78 Å².